The van der Waals surface area contributed by atoms with Gasteiger partial charge in [0.1, 0.15) is 0 Å². The van der Waals surface area contributed by atoms with Gasteiger partial charge in [-0.2, -0.15) is 0 Å². The maximum absolute atomic E-state index is 9.53. The lowest BCUT2D eigenvalue weighted by Gasteiger charge is -2.43. The number of piperazine rings is 1. The summed E-state index contributed by atoms with van der Waals surface area (Å²) in [6, 6.07) is 17.4. The molecule has 0 spiro atoms. The maximum atomic E-state index is 9.53. The molecule has 3 nitrogen and oxygen atoms in total. The Morgan fingerprint density at radius 2 is 1.92 bits per heavy atom. The van der Waals surface area contributed by atoms with Crippen LogP contribution in [0.1, 0.15) is 17.5 Å². The molecule has 1 unspecified atom stereocenters. The van der Waals surface area contributed by atoms with Crippen LogP contribution in [0, 0.1) is 6.92 Å². The zero-order valence-corrected chi connectivity index (χ0v) is 15.7. The van der Waals surface area contributed by atoms with E-state index in [1.807, 2.05) is 0 Å². The van der Waals surface area contributed by atoms with Crippen LogP contribution in [0.15, 0.2) is 53.0 Å². The van der Waals surface area contributed by atoms with Crippen molar-refractivity contribution in [1.82, 2.24) is 4.90 Å². The van der Waals surface area contributed by atoms with E-state index in [2.05, 4.69) is 81.2 Å². The van der Waals surface area contributed by atoms with E-state index < -0.39 is 0 Å². The van der Waals surface area contributed by atoms with Crippen LogP contribution in [0.2, 0.25) is 0 Å². The quantitative estimate of drug-likeness (QED) is 0.842. The molecule has 0 amide bonds. The molecule has 1 atom stereocenters. The number of hydrogen-bond donors (Lipinski definition) is 1. The van der Waals surface area contributed by atoms with E-state index in [1.54, 1.807) is 0 Å². The number of aryl methyl sites for hydroxylation is 1. The van der Waals surface area contributed by atoms with Gasteiger partial charge in [0.15, 0.2) is 0 Å². The molecular weight excluding hydrogens is 364 g/mol. The molecule has 1 N–H and O–H groups in total. The number of aliphatic hydroxyl groups is 1. The predicted molar refractivity (Wildman–Crippen MR) is 103 cm³/mol. The fourth-order valence-electron chi connectivity index (χ4n) is 3.46. The number of rotatable bonds is 5. The number of anilines is 1. The van der Waals surface area contributed by atoms with Crippen LogP contribution >= 0.6 is 15.9 Å². The van der Waals surface area contributed by atoms with Crippen molar-refractivity contribution in [3.63, 3.8) is 0 Å². The molecule has 2 aromatic carbocycles. The molecule has 1 heterocycles. The summed E-state index contributed by atoms with van der Waals surface area (Å²) < 4.78 is 1.13. The molecule has 24 heavy (non-hydrogen) atoms. The van der Waals surface area contributed by atoms with Crippen molar-refractivity contribution in [3.8, 4) is 0 Å². The Bertz CT molecular complexity index is 662. The summed E-state index contributed by atoms with van der Waals surface area (Å²) in [7, 11) is 0. The number of nitrogens with zero attached hydrogens (tertiary/aromatic N) is 2. The third kappa shape index (κ3) is 4.18. The molecule has 0 radical (unpaired) electrons. The lowest BCUT2D eigenvalue weighted by Crippen LogP contribution is -2.53. The molecule has 0 aliphatic carbocycles. The summed E-state index contributed by atoms with van der Waals surface area (Å²) in [6.07, 6.45) is 0.797. The topological polar surface area (TPSA) is 26.7 Å². The zero-order valence-electron chi connectivity index (χ0n) is 14.2. The number of benzene rings is 2. The second kappa shape index (κ2) is 8.15. The standard InChI is InChI=1S/C20H25BrN2O/c1-16-7-8-19(21)20(13-16)23-11-10-22(15-18(23)9-12-24)14-17-5-3-2-4-6-17/h2-8,13,18,24H,9-12,14-15H2,1H3. The van der Waals surface area contributed by atoms with Crippen LogP contribution in [-0.2, 0) is 6.54 Å². The summed E-state index contributed by atoms with van der Waals surface area (Å²) in [5.74, 6) is 0. The van der Waals surface area contributed by atoms with Crippen molar-refractivity contribution >= 4 is 21.6 Å². The minimum absolute atomic E-state index is 0.226. The second-order valence-corrected chi connectivity index (χ2v) is 7.39. The minimum Gasteiger partial charge on any atom is -0.396 e. The summed E-state index contributed by atoms with van der Waals surface area (Å²) >= 11 is 3.70. The van der Waals surface area contributed by atoms with Gasteiger partial charge < -0.3 is 10.0 Å². The highest BCUT2D eigenvalue weighted by Crippen LogP contribution is 2.31. The second-order valence-electron chi connectivity index (χ2n) is 6.54. The van der Waals surface area contributed by atoms with E-state index in [4.69, 9.17) is 0 Å². The fourth-order valence-corrected chi connectivity index (χ4v) is 3.94. The minimum atomic E-state index is 0.226. The summed E-state index contributed by atoms with van der Waals surface area (Å²) in [6.45, 7) is 6.34. The maximum Gasteiger partial charge on any atom is 0.0516 e. The van der Waals surface area contributed by atoms with E-state index in [-0.39, 0.29) is 6.61 Å². The van der Waals surface area contributed by atoms with E-state index in [0.29, 0.717) is 6.04 Å². The molecular formula is C20H25BrN2O. The van der Waals surface area contributed by atoms with E-state index in [1.165, 1.54) is 16.8 Å². The molecule has 1 saturated heterocycles. The average molecular weight is 389 g/mol. The van der Waals surface area contributed by atoms with Gasteiger partial charge in [0, 0.05) is 43.3 Å². The van der Waals surface area contributed by atoms with Gasteiger partial charge >= 0.3 is 0 Å². The van der Waals surface area contributed by atoms with Gasteiger partial charge in [-0.15, -0.1) is 0 Å². The lowest BCUT2D eigenvalue weighted by molar-refractivity contribution is 0.188. The molecule has 128 valence electrons. The molecule has 1 aliphatic rings. The summed E-state index contributed by atoms with van der Waals surface area (Å²) in [4.78, 5) is 4.95. The Hall–Kier alpha value is -1.36. The Kier molecular flexibility index (Phi) is 5.93. The zero-order chi connectivity index (χ0) is 16.9. The highest BCUT2D eigenvalue weighted by atomic mass is 79.9. The number of halogens is 1. The number of hydrogen-bond acceptors (Lipinski definition) is 3. The lowest BCUT2D eigenvalue weighted by atomic mass is 10.1. The van der Waals surface area contributed by atoms with E-state index >= 15 is 0 Å². The molecule has 1 aliphatic heterocycles. The first-order chi connectivity index (χ1) is 11.7. The fraction of sp³-hybridized carbons (Fsp3) is 0.400. The van der Waals surface area contributed by atoms with Crippen LogP contribution in [0.5, 0.6) is 0 Å². The van der Waals surface area contributed by atoms with Gasteiger partial charge in [-0.25, -0.2) is 0 Å². The Morgan fingerprint density at radius 3 is 2.67 bits per heavy atom. The molecule has 2 aromatic rings. The molecule has 0 aromatic heterocycles. The van der Waals surface area contributed by atoms with Crippen LogP contribution < -0.4 is 4.90 Å². The molecule has 0 saturated carbocycles. The Labute approximate surface area is 153 Å². The summed E-state index contributed by atoms with van der Waals surface area (Å²) in [5, 5.41) is 9.53. The molecule has 0 bridgehead atoms. The van der Waals surface area contributed by atoms with Gasteiger partial charge in [0.05, 0.1) is 5.69 Å². The average Bonchev–Trinajstić information content (AvgIpc) is 2.59. The highest BCUT2D eigenvalue weighted by Gasteiger charge is 2.28. The van der Waals surface area contributed by atoms with Gasteiger partial charge in [0.25, 0.3) is 0 Å². The molecule has 3 rings (SSSR count). The third-order valence-electron chi connectivity index (χ3n) is 4.69. The number of aliphatic hydroxyl groups excluding tert-OH is 1. The highest BCUT2D eigenvalue weighted by molar-refractivity contribution is 9.10. The van der Waals surface area contributed by atoms with Crippen molar-refractivity contribution < 1.29 is 5.11 Å². The van der Waals surface area contributed by atoms with Crippen molar-refractivity contribution in [3.05, 3.63) is 64.1 Å². The van der Waals surface area contributed by atoms with Gasteiger partial charge in [-0.3, -0.25) is 4.90 Å². The first-order valence-corrected chi connectivity index (χ1v) is 9.36. The first-order valence-electron chi connectivity index (χ1n) is 8.57. The van der Waals surface area contributed by atoms with Crippen molar-refractivity contribution in [2.45, 2.75) is 25.9 Å². The Balaban J connectivity index is 1.75. The van der Waals surface area contributed by atoms with Crippen LogP contribution in [0.4, 0.5) is 5.69 Å². The first kappa shape index (κ1) is 17.5. The molecule has 4 heteroatoms. The van der Waals surface area contributed by atoms with Crippen molar-refractivity contribution in [2.75, 3.05) is 31.1 Å². The SMILES string of the molecule is Cc1ccc(Br)c(N2CCN(Cc3ccccc3)CC2CCO)c1. The van der Waals surface area contributed by atoms with E-state index in [0.717, 1.165) is 37.1 Å². The van der Waals surface area contributed by atoms with Gasteiger partial charge in [-0.05, 0) is 52.5 Å². The molecule has 1 fully saturated rings. The third-order valence-corrected chi connectivity index (χ3v) is 5.36. The van der Waals surface area contributed by atoms with Gasteiger partial charge in [-0.1, -0.05) is 36.4 Å². The van der Waals surface area contributed by atoms with Crippen LogP contribution in [0.25, 0.3) is 0 Å². The largest absolute Gasteiger partial charge is 0.396 e. The van der Waals surface area contributed by atoms with Crippen molar-refractivity contribution in [2.24, 2.45) is 0 Å². The van der Waals surface area contributed by atoms with Crippen molar-refractivity contribution in [1.29, 1.82) is 0 Å². The predicted octanol–water partition coefficient (Wildman–Crippen LogP) is 3.83. The normalized spacial score (nSPS) is 18.8. The van der Waals surface area contributed by atoms with Crippen LogP contribution in [0.3, 0.4) is 0 Å². The summed E-state index contributed by atoms with van der Waals surface area (Å²) in [5.41, 5.74) is 3.86. The smallest absolute Gasteiger partial charge is 0.0516 e. The van der Waals surface area contributed by atoms with E-state index in [9.17, 15) is 5.11 Å². The van der Waals surface area contributed by atoms with Gasteiger partial charge in [0.2, 0.25) is 0 Å². The monoisotopic (exact) mass is 388 g/mol. The van der Waals surface area contributed by atoms with Crippen LogP contribution in [-0.4, -0.2) is 42.3 Å². The Morgan fingerprint density at radius 1 is 1.12 bits per heavy atom.